The van der Waals surface area contributed by atoms with E-state index in [2.05, 4.69) is 19.2 Å². The van der Waals surface area contributed by atoms with Gasteiger partial charge in [0.15, 0.2) is 0 Å². The lowest BCUT2D eigenvalue weighted by Gasteiger charge is -2.10. The van der Waals surface area contributed by atoms with Crippen LogP contribution >= 0.6 is 12.2 Å². The molecule has 0 aliphatic heterocycles. The quantitative estimate of drug-likeness (QED) is 0.661. The molecule has 0 aliphatic carbocycles. The van der Waals surface area contributed by atoms with Crippen LogP contribution in [0.4, 0.5) is 0 Å². The molecule has 1 atom stereocenters. The number of thiocarbonyl (C=S) groups is 1. The fourth-order valence-corrected chi connectivity index (χ4v) is 1.03. The highest BCUT2D eigenvalue weighted by atomic mass is 32.1. The fraction of sp³-hybridized carbons (Fsp3) is 0.800. The first-order valence-corrected chi connectivity index (χ1v) is 5.40. The highest BCUT2D eigenvalue weighted by Gasteiger charge is 2.10. The van der Waals surface area contributed by atoms with Gasteiger partial charge in [-0.1, -0.05) is 33.0 Å². The maximum Gasteiger partial charge on any atom is 0.220 e. The zero-order valence-corrected chi connectivity index (χ0v) is 9.99. The van der Waals surface area contributed by atoms with Gasteiger partial charge in [0.1, 0.15) is 0 Å². The van der Waals surface area contributed by atoms with Gasteiger partial charge in [0.25, 0.3) is 0 Å². The first-order valence-electron chi connectivity index (χ1n) is 4.99. The Kier molecular flexibility index (Phi) is 6.45. The number of nitrogens with one attached hydrogen (secondary N) is 1. The molecule has 0 radical (unpaired) electrons. The van der Waals surface area contributed by atoms with Gasteiger partial charge in [0.2, 0.25) is 5.91 Å². The van der Waals surface area contributed by atoms with E-state index >= 15 is 0 Å². The van der Waals surface area contributed by atoms with Gasteiger partial charge in [-0.15, -0.1) is 0 Å². The molecule has 0 fully saturated rings. The predicted octanol–water partition coefficient (Wildman–Crippen LogP) is 1.46. The lowest BCUT2D eigenvalue weighted by Crippen LogP contribution is -2.30. The minimum Gasteiger partial charge on any atom is -0.393 e. The molecular formula is C10H20N2OS. The highest BCUT2D eigenvalue weighted by Crippen LogP contribution is 2.02. The molecule has 0 saturated heterocycles. The van der Waals surface area contributed by atoms with E-state index in [1.54, 1.807) is 0 Å². The van der Waals surface area contributed by atoms with Gasteiger partial charge in [0, 0.05) is 18.9 Å². The van der Waals surface area contributed by atoms with Crippen LogP contribution in [0.3, 0.4) is 0 Å². The Balaban J connectivity index is 3.60. The number of carbonyl (C=O) groups excluding carboxylic acids is 1. The smallest absolute Gasteiger partial charge is 0.220 e. The van der Waals surface area contributed by atoms with E-state index in [4.69, 9.17) is 18.0 Å². The monoisotopic (exact) mass is 216 g/mol. The Morgan fingerprint density at radius 3 is 2.43 bits per heavy atom. The van der Waals surface area contributed by atoms with Crippen LogP contribution in [0.2, 0.25) is 0 Å². The van der Waals surface area contributed by atoms with Crippen molar-refractivity contribution < 1.29 is 4.79 Å². The first-order chi connectivity index (χ1) is 6.43. The van der Waals surface area contributed by atoms with E-state index in [-0.39, 0.29) is 11.8 Å². The number of hydrogen-bond donors (Lipinski definition) is 2. The summed E-state index contributed by atoms with van der Waals surface area (Å²) in [4.78, 5) is 11.7. The third kappa shape index (κ3) is 6.83. The van der Waals surface area contributed by atoms with Crippen LogP contribution in [0.5, 0.6) is 0 Å². The van der Waals surface area contributed by atoms with Crippen LogP contribution in [-0.4, -0.2) is 17.4 Å². The van der Waals surface area contributed by atoms with Gasteiger partial charge in [-0.3, -0.25) is 4.79 Å². The van der Waals surface area contributed by atoms with E-state index in [0.29, 0.717) is 17.3 Å². The van der Waals surface area contributed by atoms with Crippen LogP contribution in [0.25, 0.3) is 0 Å². The van der Waals surface area contributed by atoms with Gasteiger partial charge in [0.05, 0.1) is 4.99 Å². The summed E-state index contributed by atoms with van der Waals surface area (Å²) in [5, 5.41) is 2.85. The number of rotatable bonds is 6. The third-order valence-corrected chi connectivity index (χ3v) is 2.42. The summed E-state index contributed by atoms with van der Waals surface area (Å²) in [5.41, 5.74) is 5.41. The molecule has 0 aromatic carbocycles. The van der Waals surface area contributed by atoms with Crippen LogP contribution in [0.1, 0.15) is 33.6 Å². The second-order valence-corrected chi connectivity index (χ2v) is 4.51. The number of carbonyl (C=O) groups is 1. The number of amides is 1. The number of hydrogen-bond acceptors (Lipinski definition) is 2. The van der Waals surface area contributed by atoms with E-state index in [1.165, 1.54) is 0 Å². The molecule has 3 N–H and O–H groups in total. The van der Waals surface area contributed by atoms with E-state index in [9.17, 15) is 4.79 Å². The molecule has 0 saturated carbocycles. The molecule has 0 rings (SSSR count). The minimum atomic E-state index is -0.0101. The van der Waals surface area contributed by atoms with Crippen LogP contribution in [-0.2, 0) is 4.79 Å². The molecule has 0 aromatic heterocycles. The van der Waals surface area contributed by atoms with E-state index in [1.807, 2.05) is 6.92 Å². The maximum atomic E-state index is 11.3. The van der Waals surface area contributed by atoms with Gasteiger partial charge in [-0.25, -0.2) is 0 Å². The molecule has 1 amide bonds. The zero-order valence-electron chi connectivity index (χ0n) is 9.17. The van der Waals surface area contributed by atoms with Gasteiger partial charge >= 0.3 is 0 Å². The van der Waals surface area contributed by atoms with Crippen LogP contribution in [0, 0.1) is 11.8 Å². The Bertz CT molecular complexity index is 204. The molecular weight excluding hydrogens is 196 g/mol. The van der Waals surface area contributed by atoms with Crippen molar-refractivity contribution in [1.29, 1.82) is 0 Å². The molecule has 0 bridgehead atoms. The lowest BCUT2D eigenvalue weighted by atomic mass is 10.1. The fourth-order valence-electron chi connectivity index (χ4n) is 0.951. The Morgan fingerprint density at radius 1 is 1.43 bits per heavy atom. The maximum absolute atomic E-state index is 11.3. The summed E-state index contributed by atoms with van der Waals surface area (Å²) in [6, 6.07) is 0. The average Bonchev–Trinajstić information content (AvgIpc) is 2.02. The second kappa shape index (κ2) is 6.76. The lowest BCUT2D eigenvalue weighted by molar-refractivity contribution is -0.121. The molecule has 4 heteroatoms. The SMILES string of the molecule is CC(C)CCNC(=O)CC(C)C(N)=S. The van der Waals surface area contributed by atoms with Gasteiger partial charge in [-0.2, -0.15) is 0 Å². The van der Waals surface area contributed by atoms with Gasteiger partial charge in [-0.05, 0) is 12.3 Å². The summed E-state index contributed by atoms with van der Waals surface area (Å²) >= 11 is 4.79. The minimum absolute atomic E-state index is 0.0101. The normalized spacial score (nSPS) is 12.6. The predicted molar refractivity (Wildman–Crippen MR) is 63.0 cm³/mol. The van der Waals surface area contributed by atoms with Gasteiger partial charge < -0.3 is 11.1 Å². The highest BCUT2D eigenvalue weighted by molar-refractivity contribution is 7.80. The van der Waals surface area contributed by atoms with E-state index < -0.39 is 0 Å². The number of nitrogens with two attached hydrogens (primary N) is 1. The molecule has 14 heavy (non-hydrogen) atoms. The molecule has 0 aliphatic rings. The van der Waals surface area contributed by atoms with Crippen LogP contribution < -0.4 is 11.1 Å². The topological polar surface area (TPSA) is 55.1 Å². The Morgan fingerprint density at radius 2 is 2.00 bits per heavy atom. The zero-order chi connectivity index (χ0) is 11.1. The van der Waals surface area contributed by atoms with Crippen molar-refractivity contribution >= 4 is 23.1 Å². The standard InChI is InChI=1S/C10H20N2OS/c1-7(2)4-5-12-9(13)6-8(3)10(11)14/h7-8H,4-6H2,1-3H3,(H2,11,14)(H,12,13). The van der Waals surface area contributed by atoms with Crippen molar-refractivity contribution in [3.8, 4) is 0 Å². The van der Waals surface area contributed by atoms with Crippen molar-refractivity contribution in [2.24, 2.45) is 17.6 Å². The van der Waals surface area contributed by atoms with Crippen molar-refractivity contribution in [2.75, 3.05) is 6.54 Å². The molecule has 0 aromatic rings. The summed E-state index contributed by atoms with van der Waals surface area (Å²) in [6.45, 7) is 6.86. The Hall–Kier alpha value is -0.640. The summed E-state index contributed by atoms with van der Waals surface area (Å²) in [6.07, 6.45) is 1.40. The average molecular weight is 216 g/mol. The molecule has 0 heterocycles. The molecule has 3 nitrogen and oxygen atoms in total. The third-order valence-electron chi connectivity index (χ3n) is 2.02. The summed E-state index contributed by atoms with van der Waals surface area (Å²) < 4.78 is 0. The summed E-state index contributed by atoms with van der Waals surface area (Å²) in [7, 11) is 0. The molecule has 0 spiro atoms. The van der Waals surface area contributed by atoms with E-state index in [0.717, 1.165) is 13.0 Å². The summed E-state index contributed by atoms with van der Waals surface area (Å²) in [5.74, 6) is 0.637. The molecule has 1 unspecified atom stereocenters. The molecule has 82 valence electrons. The first kappa shape index (κ1) is 13.4. The van der Waals surface area contributed by atoms with Crippen molar-refractivity contribution in [2.45, 2.75) is 33.6 Å². The Labute approximate surface area is 91.4 Å². The van der Waals surface area contributed by atoms with Crippen molar-refractivity contribution in [3.05, 3.63) is 0 Å². The van der Waals surface area contributed by atoms with Crippen molar-refractivity contribution in [3.63, 3.8) is 0 Å². The largest absolute Gasteiger partial charge is 0.393 e. The second-order valence-electron chi connectivity index (χ2n) is 4.04. The van der Waals surface area contributed by atoms with Crippen LogP contribution in [0.15, 0.2) is 0 Å². The van der Waals surface area contributed by atoms with Crippen molar-refractivity contribution in [1.82, 2.24) is 5.32 Å².